The normalized spacial score (nSPS) is 14.2. The zero-order valence-electron chi connectivity index (χ0n) is 20.9. The van der Waals surface area contributed by atoms with Crippen LogP contribution < -0.4 is 10.9 Å². The molecule has 0 spiro atoms. The van der Waals surface area contributed by atoms with Gasteiger partial charge in [-0.1, -0.05) is 23.8 Å². The number of hydrogen-bond acceptors (Lipinski definition) is 4. The molecule has 1 aliphatic heterocycles. The number of likely N-dealkylation sites (tertiary alicyclic amines) is 1. The van der Waals surface area contributed by atoms with Gasteiger partial charge in [0.1, 0.15) is 0 Å². The van der Waals surface area contributed by atoms with Crippen molar-refractivity contribution in [1.29, 1.82) is 0 Å². The number of anilines is 1. The van der Waals surface area contributed by atoms with Crippen LogP contribution in [-0.2, 0) is 16.0 Å². The summed E-state index contributed by atoms with van der Waals surface area (Å²) in [7, 11) is 0. The number of fused-ring (bicyclic) bond motifs is 1. The molecule has 0 atom stereocenters. The Morgan fingerprint density at radius 2 is 1.71 bits per heavy atom. The van der Waals surface area contributed by atoms with E-state index in [1.165, 1.54) is 5.56 Å². The summed E-state index contributed by atoms with van der Waals surface area (Å²) < 4.78 is 6.85. The van der Waals surface area contributed by atoms with Crippen LogP contribution in [0.1, 0.15) is 48.1 Å². The van der Waals surface area contributed by atoms with Crippen molar-refractivity contribution in [2.24, 2.45) is 0 Å². The molecule has 7 heteroatoms. The highest BCUT2D eigenvalue weighted by atomic mass is 16.6. The minimum atomic E-state index is -0.298. The van der Waals surface area contributed by atoms with Crippen LogP contribution in [0.4, 0.5) is 10.5 Å². The molecule has 2 aromatic carbocycles. The lowest BCUT2D eigenvalue weighted by molar-refractivity contribution is -0.115. The molecule has 7 nitrogen and oxygen atoms in total. The summed E-state index contributed by atoms with van der Waals surface area (Å²) in [6, 6.07) is 11.5. The van der Waals surface area contributed by atoms with Gasteiger partial charge in [0.15, 0.2) is 0 Å². The van der Waals surface area contributed by atoms with Gasteiger partial charge in [-0.15, -0.1) is 0 Å². The summed E-state index contributed by atoms with van der Waals surface area (Å²) in [6.45, 7) is 9.37. The number of nitrogens with one attached hydrogen (secondary N) is 1. The number of aromatic nitrogens is 1. The third kappa shape index (κ3) is 5.24. The van der Waals surface area contributed by atoms with Crippen molar-refractivity contribution in [3.8, 4) is 0 Å². The molecule has 1 aromatic heterocycles. The first kappa shape index (κ1) is 24.5. The van der Waals surface area contributed by atoms with Gasteiger partial charge in [-0.25, -0.2) is 4.79 Å². The molecule has 2 amide bonds. The molecule has 0 bridgehead atoms. The van der Waals surface area contributed by atoms with Gasteiger partial charge in [0.05, 0.1) is 13.0 Å². The molecule has 2 heterocycles. The highest BCUT2D eigenvalue weighted by molar-refractivity contribution is 6.02. The number of carbonyl (C=O) groups excluding carboxylic acids is 2. The van der Waals surface area contributed by atoms with Crippen LogP contribution in [0.5, 0.6) is 0 Å². The predicted molar refractivity (Wildman–Crippen MR) is 138 cm³/mol. The van der Waals surface area contributed by atoms with Crippen LogP contribution in [0.3, 0.4) is 0 Å². The van der Waals surface area contributed by atoms with E-state index >= 15 is 0 Å². The topological polar surface area (TPSA) is 80.6 Å². The second-order valence-electron chi connectivity index (χ2n) is 9.31. The van der Waals surface area contributed by atoms with E-state index in [4.69, 9.17) is 4.74 Å². The Labute approximate surface area is 205 Å². The van der Waals surface area contributed by atoms with Gasteiger partial charge in [-0.05, 0) is 75.4 Å². The number of carbonyl (C=O) groups is 2. The molecule has 4 rings (SSSR count). The van der Waals surface area contributed by atoms with Crippen LogP contribution in [0, 0.1) is 20.8 Å². The van der Waals surface area contributed by atoms with Crippen molar-refractivity contribution in [1.82, 2.24) is 9.47 Å². The van der Waals surface area contributed by atoms with Gasteiger partial charge < -0.3 is 19.5 Å². The van der Waals surface area contributed by atoms with E-state index < -0.39 is 0 Å². The second kappa shape index (κ2) is 10.3. The first-order valence-corrected chi connectivity index (χ1v) is 12.2. The highest BCUT2D eigenvalue weighted by Crippen LogP contribution is 2.26. The van der Waals surface area contributed by atoms with Gasteiger partial charge >= 0.3 is 6.09 Å². The van der Waals surface area contributed by atoms with Crippen LogP contribution >= 0.6 is 0 Å². The first-order chi connectivity index (χ1) is 16.8. The molecule has 1 saturated heterocycles. The van der Waals surface area contributed by atoms with E-state index in [-0.39, 0.29) is 30.0 Å². The summed E-state index contributed by atoms with van der Waals surface area (Å²) in [4.78, 5) is 39.9. The van der Waals surface area contributed by atoms with Gasteiger partial charge in [0.2, 0.25) is 5.91 Å². The lowest BCUT2D eigenvalue weighted by Crippen LogP contribution is -2.41. The summed E-state index contributed by atoms with van der Waals surface area (Å²) in [6.07, 6.45) is 3.17. The fraction of sp³-hybridized carbons (Fsp3) is 0.393. The predicted octanol–water partition coefficient (Wildman–Crippen LogP) is 4.90. The minimum absolute atomic E-state index is 0.0170. The van der Waals surface area contributed by atoms with Crippen LogP contribution in [-0.4, -0.2) is 41.2 Å². The third-order valence-electron chi connectivity index (χ3n) is 6.81. The fourth-order valence-electron chi connectivity index (χ4n) is 5.07. The van der Waals surface area contributed by atoms with Gasteiger partial charge in [-0.2, -0.15) is 0 Å². The lowest BCUT2D eigenvalue weighted by Gasteiger charge is -2.32. The SMILES string of the molecule is CCOC(=O)N1CCC(n2ccc3c(NC(=O)Cc4c(C)cc(C)cc4C)cccc3c2=O)CC1. The molecule has 0 radical (unpaired) electrons. The number of amides is 2. The number of rotatable bonds is 5. The monoisotopic (exact) mass is 475 g/mol. The Kier molecular flexibility index (Phi) is 7.24. The molecule has 1 fully saturated rings. The van der Waals surface area contributed by atoms with E-state index in [1.54, 1.807) is 34.7 Å². The zero-order chi connectivity index (χ0) is 25.1. The molecule has 3 aromatic rings. The van der Waals surface area contributed by atoms with Crippen LogP contribution in [0.25, 0.3) is 10.8 Å². The molecule has 0 unspecified atom stereocenters. The molecular weight excluding hydrogens is 442 g/mol. The first-order valence-electron chi connectivity index (χ1n) is 12.2. The quantitative estimate of drug-likeness (QED) is 0.569. The Bertz CT molecular complexity index is 1300. The molecule has 35 heavy (non-hydrogen) atoms. The summed E-state index contributed by atoms with van der Waals surface area (Å²) in [5.41, 5.74) is 4.97. The molecule has 0 aliphatic carbocycles. The minimum Gasteiger partial charge on any atom is -0.450 e. The molecule has 1 N–H and O–H groups in total. The molecule has 0 saturated carbocycles. The average Bonchev–Trinajstić information content (AvgIpc) is 2.82. The lowest BCUT2D eigenvalue weighted by atomic mass is 9.97. The fourth-order valence-corrected chi connectivity index (χ4v) is 5.07. The Morgan fingerprint density at radius 3 is 2.37 bits per heavy atom. The van der Waals surface area contributed by atoms with Crippen molar-refractivity contribution in [2.45, 2.75) is 53.0 Å². The maximum absolute atomic E-state index is 13.3. The Hall–Kier alpha value is -3.61. The van der Waals surface area contributed by atoms with E-state index in [0.29, 0.717) is 43.6 Å². The van der Waals surface area contributed by atoms with Crippen molar-refractivity contribution in [3.05, 3.63) is 75.2 Å². The number of nitrogens with zero attached hydrogens (tertiary/aromatic N) is 2. The largest absolute Gasteiger partial charge is 0.450 e. The molecule has 1 aliphatic rings. The number of ether oxygens (including phenoxy) is 1. The number of pyridine rings is 1. The standard InChI is InChI=1S/C28H33N3O4/c1-5-35-28(34)30-12-9-21(10-13-30)31-14-11-22-23(27(31)33)7-6-8-25(22)29-26(32)17-24-19(3)15-18(2)16-20(24)4/h6-8,11,14-16,21H,5,9-10,12-13,17H2,1-4H3,(H,29,32). The average molecular weight is 476 g/mol. The second-order valence-corrected chi connectivity index (χ2v) is 9.31. The zero-order valence-corrected chi connectivity index (χ0v) is 20.9. The van der Waals surface area contributed by atoms with E-state index in [2.05, 4.69) is 24.4 Å². The molecular formula is C28H33N3O4. The van der Waals surface area contributed by atoms with E-state index in [0.717, 1.165) is 22.1 Å². The number of hydrogen-bond donors (Lipinski definition) is 1. The van der Waals surface area contributed by atoms with Gasteiger partial charge in [-0.3, -0.25) is 9.59 Å². The summed E-state index contributed by atoms with van der Waals surface area (Å²) in [5, 5.41) is 4.31. The number of piperidine rings is 1. The third-order valence-corrected chi connectivity index (χ3v) is 6.81. The van der Waals surface area contributed by atoms with Crippen molar-refractivity contribution in [2.75, 3.05) is 25.0 Å². The Morgan fingerprint density at radius 1 is 1.03 bits per heavy atom. The summed E-state index contributed by atoms with van der Waals surface area (Å²) in [5.74, 6) is -0.108. The van der Waals surface area contributed by atoms with E-state index in [1.807, 2.05) is 26.0 Å². The maximum atomic E-state index is 13.3. The smallest absolute Gasteiger partial charge is 0.409 e. The highest BCUT2D eigenvalue weighted by Gasteiger charge is 2.25. The maximum Gasteiger partial charge on any atom is 0.409 e. The van der Waals surface area contributed by atoms with Gasteiger partial charge in [0.25, 0.3) is 5.56 Å². The van der Waals surface area contributed by atoms with E-state index in [9.17, 15) is 14.4 Å². The van der Waals surface area contributed by atoms with Crippen molar-refractivity contribution < 1.29 is 14.3 Å². The van der Waals surface area contributed by atoms with Gasteiger partial charge in [0, 0.05) is 41.8 Å². The van der Waals surface area contributed by atoms with Crippen LogP contribution in [0.15, 0.2) is 47.4 Å². The van der Waals surface area contributed by atoms with Crippen molar-refractivity contribution in [3.63, 3.8) is 0 Å². The van der Waals surface area contributed by atoms with Crippen LogP contribution in [0.2, 0.25) is 0 Å². The Balaban J connectivity index is 1.52. The number of aryl methyl sites for hydroxylation is 3. The number of benzene rings is 2. The summed E-state index contributed by atoms with van der Waals surface area (Å²) >= 11 is 0. The van der Waals surface area contributed by atoms with Crippen molar-refractivity contribution >= 4 is 28.5 Å². The molecule has 184 valence electrons.